The third-order valence-corrected chi connectivity index (χ3v) is 2.95. The Balaban J connectivity index is 1.89. The SMILES string of the molecule is CC(C)COC(=O)c1cccc(OC(=O)COc2ccccc2)c1. The highest BCUT2D eigenvalue weighted by molar-refractivity contribution is 5.90. The third kappa shape index (κ3) is 5.76. The Labute approximate surface area is 141 Å². The van der Waals surface area contributed by atoms with Crippen LogP contribution in [0, 0.1) is 5.92 Å². The summed E-state index contributed by atoms with van der Waals surface area (Å²) in [7, 11) is 0. The summed E-state index contributed by atoms with van der Waals surface area (Å²) in [6.07, 6.45) is 0. The maximum atomic E-state index is 11.9. The largest absolute Gasteiger partial charge is 0.482 e. The van der Waals surface area contributed by atoms with Crippen LogP contribution in [-0.4, -0.2) is 25.2 Å². The fraction of sp³-hybridized carbons (Fsp3) is 0.263. The summed E-state index contributed by atoms with van der Waals surface area (Å²) in [6, 6.07) is 15.3. The molecule has 5 nitrogen and oxygen atoms in total. The zero-order valence-corrected chi connectivity index (χ0v) is 13.7. The number of para-hydroxylation sites is 1. The fourth-order valence-corrected chi connectivity index (χ4v) is 1.83. The van der Waals surface area contributed by atoms with Crippen LogP contribution >= 0.6 is 0 Å². The minimum Gasteiger partial charge on any atom is -0.482 e. The normalized spacial score (nSPS) is 10.3. The molecule has 5 heteroatoms. The molecule has 0 saturated heterocycles. The Morgan fingerprint density at radius 1 is 0.958 bits per heavy atom. The quantitative estimate of drug-likeness (QED) is 0.575. The molecule has 126 valence electrons. The van der Waals surface area contributed by atoms with Crippen molar-refractivity contribution >= 4 is 11.9 Å². The van der Waals surface area contributed by atoms with Crippen molar-refractivity contribution in [2.45, 2.75) is 13.8 Å². The molecule has 0 bridgehead atoms. The molecule has 0 unspecified atom stereocenters. The minimum atomic E-state index is -0.549. The van der Waals surface area contributed by atoms with Crippen molar-refractivity contribution in [1.29, 1.82) is 0 Å². The Morgan fingerprint density at radius 3 is 2.38 bits per heavy atom. The topological polar surface area (TPSA) is 61.8 Å². The zero-order valence-electron chi connectivity index (χ0n) is 13.7. The first-order valence-electron chi connectivity index (χ1n) is 7.70. The van der Waals surface area contributed by atoms with Gasteiger partial charge in [-0.05, 0) is 36.2 Å². The van der Waals surface area contributed by atoms with Crippen LogP contribution in [0.1, 0.15) is 24.2 Å². The third-order valence-electron chi connectivity index (χ3n) is 2.95. The van der Waals surface area contributed by atoms with Crippen molar-refractivity contribution in [2.24, 2.45) is 5.92 Å². The van der Waals surface area contributed by atoms with Crippen LogP contribution in [0.2, 0.25) is 0 Å². The first-order valence-corrected chi connectivity index (χ1v) is 7.70. The number of benzene rings is 2. The Hall–Kier alpha value is -2.82. The van der Waals surface area contributed by atoms with E-state index in [-0.39, 0.29) is 18.3 Å². The first kappa shape index (κ1) is 17.5. The molecule has 0 N–H and O–H groups in total. The first-order chi connectivity index (χ1) is 11.5. The number of carbonyl (C=O) groups is 2. The number of ether oxygens (including phenoxy) is 3. The molecular formula is C19H20O5. The van der Waals surface area contributed by atoms with Gasteiger partial charge in [0.05, 0.1) is 12.2 Å². The molecule has 0 aliphatic heterocycles. The van der Waals surface area contributed by atoms with Gasteiger partial charge in [0.25, 0.3) is 0 Å². The molecule has 0 aromatic heterocycles. The van der Waals surface area contributed by atoms with E-state index < -0.39 is 11.9 Å². The molecule has 2 aromatic rings. The van der Waals surface area contributed by atoms with Gasteiger partial charge < -0.3 is 14.2 Å². The second kappa shape index (κ2) is 8.72. The van der Waals surface area contributed by atoms with Crippen LogP contribution in [0.5, 0.6) is 11.5 Å². The van der Waals surface area contributed by atoms with Gasteiger partial charge in [-0.1, -0.05) is 38.1 Å². The number of rotatable bonds is 7. The molecule has 24 heavy (non-hydrogen) atoms. The summed E-state index contributed by atoms with van der Waals surface area (Å²) in [5.41, 5.74) is 0.338. The monoisotopic (exact) mass is 328 g/mol. The molecular weight excluding hydrogens is 308 g/mol. The van der Waals surface area contributed by atoms with Crippen LogP contribution in [0.15, 0.2) is 54.6 Å². The molecule has 0 fully saturated rings. The van der Waals surface area contributed by atoms with Crippen molar-refractivity contribution in [2.75, 3.05) is 13.2 Å². The average molecular weight is 328 g/mol. The van der Waals surface area contributed by atoms with Gasteiger partial charge in [0.1, 0.15) is 11.5 Å². The highest BCUT2D eigenvalue weighted by Gasteiger charge is 2.11. The van der Waals surface area contributed by atoms with Crippen LogP contribution in [0.4, 0.5) is 0 Å². The van der Waals surface area contributed by atoms with Crippen molar-refractivity contribution in [3.8, 4) is 11.5 Å². The summed E-state index contributed by atoms with van der Waals surface area (Å²) in [6.45, 7) is 4.04. The lowest BCUT2D eigenvalue weighted by Crippen LogP contribution is -2.18. The molecule has 0 aliphatic carbocycles. The minimum absolute atomic E-state index is 0.216. The molecule has 0 aliphatic rings. The van der Waals surface area contributed by atoms with E-state index in [1.54, 1.807) is 30.3 Å². The van der Waals surface area contributed by atoms with Gasteiger partial charge in [0.15, 0.2) is 6.61 Å². The van der Waals surface area contributed by atoms with E-state index in [1.807, 2.05) is 32.0 Å². The Bertz CT molecular complexity index is 679. The number of carbonyl (C=O) groups excluding carboxylic acids is 2. The van der Waals surface area contributed by atoms with Crippen molar-refractivity contribution in [3.05, 3.63) is 60.2 Å². The van der Waals surface area contributed by atoms with Gasteiger partial charge in [-0.15, -0.1) is 0 Å². The highest BCUT2D eigenvalue weighted by atomic mass is 16.6. The number of esters is 2. The summed E-state index contributed by atoms with van der Waals surface area (Å²) in [5.74, 6) is 0.120. The van der Waals surface area contributed by atoms with Gasteiger partial charge in [-0.25, -0.2) is 9.59 Å². The smallest absolute Gasteiger partial charge is 0.349 e. The van der Waals surface area contributed by atoms with Crippen LogP contribution in [0.25, 0.3) is 0 Å². The van der Waals surface area contributed by atoms with Crippen LogP contribution in [-0.2, 0) is 9.53 Å². The summed E-state index contributed by atoms with van der Waals surface area (Å²) in [4.78, 5) is 23.7. The van der Waals surface area contributed by atoms with E-state index in [2.05, 4.69) is 0 Å². The van der Waals surface area contributed by atoms with Gasteiger partial charge in [0.2, 0.25) is 0 Å². The van der Waals surface area contributed by atoms with Gasteiger partial charge in [-0.2, -0.15) is 0 Å². The van der Waals surface area contributed by atoms with Crippen molar-refractivity contribution < 1.29 is 23.8 Å². The molecule has 0 atom stereocenters. The van der Waals surface area contributed by atoms with E-state index in [9.17, 15) is 9.59 Å². The maximum absolute atomic E-state index is 11.9. The molecule has 0 radical (unpaired) electrons. The second-order valence-corrected chi connectivity index (χ2v) is 5.60. The molecule has 2 aromatic carbocycles. The van der Waals surface area contributed by atoms with Crippen molar-refractivity contribution in [3.63, 3.8) is 0 Å². The van der Waals surface area contributed by atoms with Gasteiger partial charge in [0, 0.05) is 0 Å². The predicted molar refractivity (Wildman–Crippen MR) is 89.1 cm³/mol. The average Bonchev–Trinajstić information content (AvgIpc) is 2.59. The standard InChI is InChI=1S/C19H20O5/c1-14(2)12-23-19(21)15-7-6-10-17(11-15)24-18(20)13-22-16-8-4-3-5-9-16/h3-11,14H,12-13H2,1-2H3. The summed E-state index contributed by atoms with van der Waals surface area (Å²) < 4.78 is 15.6. The van der Waals surface area contributed by atoms with Gasteiger partial charge in [-0.3, -0.25) is 0 Å². The number of hydrogen-bond donors (Lipinski definition) is 0. The Kier molecular flexibility index (Phi) is 6.37. The van der Waals surface area contributed by atoms with Gasteiger partial charge >= 0.3 is 11.9 Å². The predicted octanol–water partition coefficient (Wildman–Crippen LogP) is 3.48. The molecule has 0 heterocycles. The Morgan fingerprint density at radius 2 is 1.67 bits per heavy atom. The zero-order chi connectivity index (χ0) is 17.4. The fourth-order valence-electron chi connectivity index (χ4n) is 1.83. The summed E-state index contributed by atoms with van der Waals surface area (Å²) in [5, 5.41) is 0. The lowest BCUT2D eigenvalue weighted by atomic mass is 10.2. The van der Waals surface area contributed by atoms with E-state index in [4.69, 9.17) is 14.2 Å². The maximum Gasteiger partial charge on any atom is 0.349 e. The molecule has 2 rings (SSSR count). The van der Waals surface area contributed by atoms with E-state index in [1.165, 1.54) is 6.07 Å². The summed E-state index contributed by atoms with van der Waals surface area (Å²) >= 11 is 0. The molecule has 0 amide bonds. The lowest BCUT2D eigenvalue weighted by Gasteiger charge is -2.09. The second-order valence-electron chi connectivity index (χ2n) is 5.60. The van der Waals surface area contributed by atoms with E-state index in [0.29, 0.717) is 17.9 Å². The van der Waals surface area contributed by atoms with Crippen LogP contribution in [0.3, 0.4) is 0 Å². The lowest BCUT2D eigenvalue weighted by molar-refractivity contribution is -0.136. The highest BCUT2D eigenvalue weighted by Crippen LogP contribution is 2.15. The van der Waals surface area contributed by atoms with E-state index in [0.717, 1.165) is 0 Å². The van der Waals surface area contributed by atoms with E-state index >= 15 is 0 Å². The van der Waals surface area contributed by atoms with Crippen LogP contribution < -0.4 is 9.47 Å². The number of hydrogen-bond acceptors (Lipinski definition) is 5. The van der Waals surface area contributed by atoms with Crippen molar-refractivity contribution in [1.82, 2.24) is 0 Å². The molecule has 0 spiro atoms. The molecule has 0 saturated carbocycles.